The first kappa shape index (κ1) is 11.1. The van der Waals surface area contributed by atoms with Gasteiger partial charge >= 0.3 is 5.97 Å². The average molecular weight is 172 g/mol. The Labute approximate surface area is 73.1 Å². The molecule has 0 rings (SSSR count). The zero-order valence-electron chi connectivity index (χ0n) is 7.92. The molecule has 0 saturated heterocycles. The molecule has 0 aliphatic carbocycles. The lowest BCUT2D eigenvalue weighted by atomic mass is 10.1. The van der Waals surface area contributed by atoms with Crippen molar-refractivity contribution in [2.45, 2.75) is 33.6 Å². The predicted molar refractivity (Wildman–Crippen MR) is 45.7 cm³/mol. The van der Waals surface area contributed by atoms with Gasteiger partial charge in [0.1, 0.15) is 11.7 Å². The van der Waals surface area contributed by atoms with Crippen LogP contribution in [0.25, 0.3) is 0 Å². The third-order valence-electron chi connectivity index (χ3n) is 1.63. The first-order valence-corrected chi connectivity index (χ1v) is 4.32. The Morgan fingerprint density at radius 3 is 2.33 bits per heavy atom. The van der Waals surface area contributed by atoms with E-state index in [1.807, 2.05) is 6.92 Å². The lowest BCUT2D eigenvalue weighted by molar-refractivity contribution is -0.151. The molecule has 0 heterocycles. The Morgan fingerprint density at radius 1 is 1.33 bits per heavy atom. The third-order valence-corrected chi connectivity index (χ3v) is 1.63. The molecule has 12 heavy (non-hydrogen) atoms. The highest BCUT2D eigenvalue weighted by Gasteiger charge is 2.20. The second kappa shape index (κ2) is 5.75. The van der Waals surface area contributed by atoms with Gasteiger partial charge in [0.25, 0.3) is 0 Å². The molecular weight excluding hydrogens is 156 g/mol. The SMILES string of the molecule is CCCOC(=O)[C@H](C)C(=O)CC. The summed E-state index contributed by atoms with van der Waals surface area (Å²) >= 11 is 0. The third kappa shape index (κ3) is 3.51. The van der Waals surface area contributed by atoms with Crippen molar-refractivity contribution in [1.82, 2.24) is 0 Å². The van der Waals surface area contributed by atoms with Crippen LogP contribution in [0.1, 0.15) is 33.6 Å². The molecule has 0 fully saturated rings. The van der Waals surface area contributed by atoms with Crippen molar-refractivity contribution < 1.29 is 14.3 Å². The van der Waals surface area contributed by atoms with Gasteiger partial charge in [-0.3, -0.25) is 9.59 Å². The van der Waals surface area contributed by atoms with E-state index in [9.17, 15) is 9.59 Å². The van der Waals surface area contributed by atoms with Crippen LogP contribution in [0, 0.1) is 5.92 Å². The van der Waals surface area contributed by atoms with Gasteiger partial charge in [0.2, 0.25) is 0 Å². The Morgan fingerprint density at radius 2 is 1.92 bits per heavy atom. The first-order valence-electron chi connectivity index (χ1n) is 4.32. The zero-order valence-corrected chi connectivity index (χ0v) is 7.92. The molecule has 0 bridgehead atoms. The smallest absolute Gasteiger partial charge is 0.316 e. The first-order chi connectivity index (χ1) is 5.63. The van der Waals surface area contributed by atoms with E-state index >= 15 is 0 Å². The number of carbonyl (C=O) groups is 2. The summed E-state index contributed by atoms with van der Waals surface area (Å²) in [7, 11) is 0. The van der Waals surface area contributed by atoms with Crippen molar-refractivity contribution >= 4 is 11.8 Å². The van der Waals surface area contributed by atoms with Gasteiger partial charge in [-0.1, -0.05) is 13.8 Å². The fourth-order valence-corrected chi connectivity index (χ4v) is 0.765. The summed E-state index contributed by atoms with van der Waals surface area (Å²) in [6, 6.07) is 0. The summed E-state index contributed by atoms with van der Waals surface area (Å²) in [4.78, 5) is 22.1. The van der Waals surface area contributed by atoms with Crippen LogP contribution in [0.4, 0.5) is 0 Å². The lowest BCUT2D eigenvalue weighted by Crippen LogP contribution is -2.22. The quantitative estimate of drug-likeness (QED) is 0.467. The summed E-state index contributed by atoms with van der Waals surface area (Å²) in [6.07, 6.45) is 1.18. The Hall–Kier alpha value is -0.860. The fraction of sp³-hybridized carbons (Fsp3) is 0.778. The molecule has 70 valence electrons. The maximum Gasteiger partial charge on any atom is 0.316 e. The van der Waals surface area contributed by atoms with Crippen molar-refractivity contribution in [1.29, 1.82) is 0 Å². The summed E-state index contributed by atoms with van der Waals surface area (Å²) in [6.45, 7) is 5.65. The number of Topliss-reactive ketones (excluding diaryl/α,β-unsaturated/α-hetero) is 1. The average Bonchev–Trinajstić information content (AvgIpc) is 2.11. The molecule has 0 aromatic heterocycles. The van der Waals surface area contributed by atoms with E-state index in [0.717, 1.165) is 6.42 Å². The van der Waals surface area contributed by atoms with Crippen molar-refractivity contribution in [3.63, 3.8) is 0 Å². The molecule has 3 nitrogen and oxygen atoms in total. The van der Waals surface area contributed by atoms with Crippen LogP contribution in [-0.4, -0.2) is 18.4 Å². The van der Waals surface area contributed by atoms with Crippen LogP contribution in [-0.2, 0) is 14.3 Å². The summed E-state index contributed by atoms with van der Waals surface area (Å²) < 4.78 is 4.82. The summed E-state index contributed by atoms with van der Waals surface area (Å²) in [5.74, 6) is -1.05. The number of carbonyl (C=O) groups excluding carboxylic acids is 2. The van der Waals surface area contributed by atoms with Crippen LogP contribution < -0.4 is 0 Å². The minimum Gasteiger partial charge on any atom is -0.465 e. The molecule has 0 radical (unpaired) electrons. The van der Waals surface area contributed by atoms with Gasteiger partial charge in [0.05, 0.1) is 6.61 Å². The van der Waals surface area contributed by atoms with Crippen molar-refractivity contribution in [2.24, 2.45) is 5.92 Å². The molecule has 3 heteroatoms. The normalized spacial score (nSPS) is 12.2. The van der Waals surface area contributed by atoms with Crippen LogP contribution in [0.2, 0.25) is 0 Å². The molecular formula is C9H16O3. The van der Waals surface area contributed by atoms with Gasteiger partial charge < -0.3 is 4.74 Å². The van der Waals surface area contributed by atoms with Gasteiger partial charge in [-0.2, -0.15) is 0 Å². The van der Waals surface area contributed by atoms with Crippen LogP contribution in [0.3, 0.4) is 0 Å². The van der Waals surface area contributed by atoms with E-state index < -0.39 is 11.9 Å². The minimum atomic E-state index is -0.596. The number of ether oxygens (including phenoxy) is 1. The number of rotatable bonds is 5. The van der Waals surface area contributed by atoms with E-state index in [0.29, 0.717) is 13.0 Å². The molecule has 1 atom stereocenters. The van der Waals surface area contributed by atoms with Gasteiger partial charge in [0, 0.05) is 6.42 Å². The molecule has 0 amide bonds. The van der Waals surface area contributed by atoms with Crippen LogP contribution in [0.15, 0.2) is 0 Å². The fourth-order valence-electron chi connectivity index (χ4n) is 0.765. The number of ketones is 1. The summed E-state index contributed by atoms with van der Waals surface area (Å²) in [5.41, 5.74) is 0. The molecule has 0 aromatic carbocycles. The van der Waals surface area contributed by atoms with Crippen LogP contribution >= 0.6 is 0 Å². The van der Waals surface area contributed by atoms with Crippen molar-refractivity contribution in [2.75, 3.05) is 6.61 Å². The zero-order chi connectivity index (χ0) is 9.56. The van der Waals surface area contributed by atoms with E-state index in [1.54, 1.807) is 13.8 Å². The number of esters is 1. The molecule has 0 aliphatic rings. The topological polar surface area (TPSA) is 43.4 Å². The molecule has 0 N–H and O–H groups in total. The highest BCUT2D eigenvalue weighted by atomic mass is 16.5. The van der Waals surface area contributed by atoms with Crippen LogP contribution in [0.5, 0.6) is 0 Å². The maximum absolute atomic E-state index is 11.1. The van der Waals surface area contributed by atoms with Gasteiger partial charge in [-0.15, -0.1) is 0 Å². The van der Waals surface area contributed by atoms with E-state index in [4.69, 9.17) is 4.74 Å². The number of hydrogen-bond donors (Lipinski definition) is 0. The van der Waals surface area contributed by atoms with Crippen molar-refractivity contribution in [3.8, 4) is 0 Å². The Kier molecular flexibility index (Phi) is 5.34. The minimum absolute atomic E-state index is 0.0592. The van der Waals surface area contributed by atoms with Gasteiger partial charge in [-0.25, -0.2) is 0 Å². The molecule has 0 aliphatic heterocycles. The molecule has 0 unspecified atom stereocenters. The maximum atomic E-state index is 11.1. The standard InChI is InChI=1S/C9H16O3/c1-4-6-12-9(11)7(3)8(10)5-2/h7H,4-6H2,1-3H3/t7-/m1/s1. The number of hydrogen-bond acceptors (Lipinski definition) is 3. The van der Waals surface area contributed by atoms with Gasteiger partial charge in [-0.05, 0) is 13.3 Å². The summed E-state index contributed by atoms with van der Waals surface area (Å²) in [5, 5.41) is 0. The highest BCUT2D eigenvalue weighted by molar-refractivity contribution is 5.98. The Balaban J connectivity index is 3.84. The molecule has 0 spiro atoms. The van der Waals surface area contributed by atoms with E-state index in [1.165, 1.54) is 0 Å². The second-order valence-electron chi connectivity index (χ2n) is 2.71. The lowest BCUT2D eigenvalue weighted by Gasteiger charge is -2.08. The second-order valence-corrected chi connectivity index (χ2v) is 2.71. The Bertz CT molecular complexity index is 163. The largest absolute Gasteiger partial charge is 0.465 e. The highest BCUT2D eigenvalue weighted by Crippen LogP contribution is 2.03. The van der Waals surface area contributed by atoms with Gasteiger partial charge in [0.15, 0.2) is 0 Å². The molecule has 0 saturated carbocycles. The van der Waals surface area contributed by atoms with E-state index in [-0.39, 0.29) is 5.78 Å². The van der Waals surface area contributed by atoms with Crippen molar-refractivity contribution in [3.05, 3.63) is 0 Å². The molecule has 0 aromatic rings. The monoisotopic (exact) mass is 172 g/mol. The van der Waals surface area contributed by atoms with E-state index in [2.05, 4.69) is 0 Å². The predicted octanol–water partition coefficient (Wildman–Crippen LogP) is 1.55.